The zero-order valence-electron chi connectivity index (χ0n) is 6.77. The van der Waals surface area contributed by atoms with Gasteiger partial charge in [-0.05, 0) is 22.0 Å². The molecule has 0 bridgehead atoms. The SMILES string of the molecule is Cl.Cl.NNc1cc([N+](=O)[O-])ccc1Br. The van der Waals surface area contributed by atoms with E-state index in [9.17, 15) is 10.1 Å². The number of nitrogen functional groups attached to an aromatic ring is 1. The van der Waals surface area contributed by atoms with Gasteiger partial charge in [-0.2, -0.15) is 0 Å². The van der Waals surface area contributed by atoms with E-state index in [1.807, 2.05) is 0 Å². The Morgan fingerprint density at radius 3 is 2.43 bits per heavy atom. The molecule has 0 fully saturated rings. The first-order valence-electron chi connectivity index (χ1n) is 3.05. The second-order valence-corrected chi connectivity index (χ2v) is 2.92. The van der Waals surface area contributed by atoms with Crippen molar-refractivity contribution in [1.82, 2.24) is 0 Å². The monoisotopic (exact) mass is 303 g/mol. The van der Waals surface area contributed by atoms with E-state index < -0.39 is 4.92 Å². The summed E-state index contributed by atoms with van der Waals surface area (Å²) in [4.78, 5) is 9.82. The Kier molecular flexibility index (Phi) is 7.75. The number of hydrazine groups is 1. The smallest absolute Gasteiger partial charge is 0.271 e. The van der Waals surface area contributed by atoms with Crippen molar-refractivity contribution in [2.75, 3.05) is 5.43 Å². The molecule has 1 aromatic rings. The Balaban J connectivity index is 0. The fourth-order valence-electron chi connectivity index (χ4n) is 0.737. The van der Waals surface area contributed by atoms with Gasteiger partial charge in [-0.3, -0.25) is 16.0 Å². The molecule has 5 nitrogen and oxygen atoms in total. The van der Waals surface area contributed by atoms with Gasteiger partial charge in [0.15, 0.2) is 0 Å². The first-order chi connectivity index (χ1) is 5.65. The van der Waals surface area contributed by atoms with Crippen LogP contribution in [0.2, 0.25) is 0 Å². The molecule has 0 amide bonds. The van der Waals surface area contributed by atoms with Crippen molar-refractivity contribution in [1.29, 1.82) is 0 Å². The van der Waals surface area contributed by atoms with Gasteiger partial charge in [0.1, 0.15) is 0 Å². The van der Waals surface area contributed by atoms with Crippen molar-refractivity contribution in [2.24, 2.45) is 5.84 Å². The summed E-state index contributed by atoms with van der Waals surface area (Å²) >= 11 is 3.17. The number of rotatable bonds is 2. The topological polar surface area (TPSA) is 81.2 Å². The van der Waals surface area contributed by atoms with Crippen LogP contribution >= 0.6 is 40.7 Å². The number of hydrogen-bond acceptors (Lipinski definition) is 4. The van der Waals surface area contributed by atoms with Crippen LogP contribution in [-0.4, -0.2) is 4.92 Å². The molecule has 80 valence electrons. The minimum absolute atomic E-state index is 0. The predicted molar refractivity (Wildman–Crippen MR) is 63.1 cm³/mol. The number of hydrogen-bond donors (Lipinski definition) is 2. The molecule has 0 radical (unpaired) electrons. The number of nitrogens with one attached hydrogen (secondary N) is 1. The highest BCUT2D eigenvalue weighted by Crippen LogP contribution is 2.25. The molecule has 8 heteroatoms. The number of nitro groups is 1. The van der Waals surface area contributed by atoms with Crippen molar-refractivity contribution >= 4 is 52.1 Å². The van der Waals surface area contributed by atoms with Crippen molar-refractivity contribution in [3.63, 3.8) is 0 Å². The van der Waals surface area contributed by atoms with Gasteiger partial charge in [-0.25, -0.2) is 0 Å². The summed E-state index contributed by atoms with van der Waals surface area (Å²) in [6, 6.07) is 4.31. The molecule has 0 spiro atoms. The van der Waals surface area contributed by atoms with E-state index in [2.05, 4.69) is 21.4 Å². The highest BCUT2D eigenvalue weighted by atomic mass is 79.9. The first kappa shape index (κ1) is 15.9. The maximum Gasteiger partial charge on any atom is 0.271 e. The Bertz CT molecular complexity index is 324. The summed E-state index contributed by atoms with van der Waals surface area (Å²) in [5, 5.41) is 10.3. The van der Waals surface area contributed by atoms with Gasteiger partial charge in [0.2, 0.25) is 0 Å². The highest BCUT2D eigenvalue weighted by molar-refractivity contribution is 9.10. The average Bonchev–Trinajstić information content (AvgIpc) is 2.05. The van der Waals surface area contributed by atoms with Crippen molar-refractivity contribution in [3.8, 4) is 0 Å². The first-order valence-corrected chi connectivity index (χ1v) is 3.85. The van der Waals surface area contributed by atoms with Crippen LogP contribution < -0.4 is 11.3 Å². The van der Waals surface area contributed by atoms with Gasteiger partial charge < -0.3 is 5.43 Å². The fourth-order valence-corrected chi connectivity index (χ4v) is 1.10. The van der Waals surface area contributed by atoms with Gasteiger partial charge in [0.25, 0.3) is 5.69 Å². The number of nitro benzene ring substituents is 1. The number of nitrogens with two attached hydrogens (primary N) is 1. The van der Waals surface area contributed by atoms with Gasteiger partial charge in [-0.1, -0.05) is 0 Å². The van der Waals surface area contributed by atoms with Gasteiger partial charge in [-0.15, -0.1) is 24.8 Å². The molecule has 0 heterocycles. The molecule has 0 aliphatic heterocycles. The van der Waals surface area contributed by atoms with Crippen LogP contribution in [0, 0.1) is 10.1 Å². The van der Waals surface area contributed by atoms with E-state index in [0.717, 1.165) is 0 Å². The number of anilines is 1. The van der Waals surface area contributed by atoms with Crippen LogP contribution in [0.5, 0.6) is 0 Å². The third-order valence-corrected chi connectivity index (χ3v) is 2.01. The summed E-state index contributed by atoms with van der Waals surface area (Å²) in [7, 11) is 0. The predicted octanol–water partition coefficient (Wildman–Crippen LogP) is 2.49. The van der Waals surface area contributed by atoms with Gasteiger partial charge in [0, 0.05) is 16.6 Å². The number of halogens is 3. The highest BCUT2D eigenvalue weighted by Gasteiger charge is 2.07. The molecule has 0 aliphatic rings. The summed E-state index contributed by atoms with van der Waals surface area (Å²) in [5.41, 5.74) is 2.83. The van der Waals surface area contributed by atoms with E-state index in [1.165, 1.54) is 12.1 Å². The third-order valence-electron chi connectivity index (χ3n) is 1.32. The van der Waals surface area contributed by atoms with Gasteiger partial charge in [0.05, 0.1) is 10.6 Å². The second-order valence-electron chi connectivity index (χ2n) is 2.07. The van der Waals surface area contributed by atoms with E-state index in [1.54, 1.807) is 6.07 Å². The lowest BCUT2D eigenvalue weighted by atomic mass is 10.3. The minimum atomic E-state index is -0.479. The van der Waals surface area contributed by atoms with Crippen molar-refractivity contribution < 1.29 is 4.92 Å². The molecule has 1 rings (SSSR count). The molecular weight excluding hydrogens is 297 g/mol. The normalized spacial score (nSPS) is 8.14. The lowest BCUT2D eigenvalue weighted by Gasteiger charge is -2.01. The van der Waals surface area contributed by atoms with E-state index in [-0.39, 0.29) is 30.5 Å². The van der Waals surface area contributed by atoms with E-state index >= 15 is 0 Å². The Hall–Kier alpha value is -0.560. The quantitative estimate of drug-likeness (QED) is 0.500. The zero-order valence-corrected chi connectivity index (χ0v) is 9.99. The molecule has 0 saturated heterocycles. The Labute approximate surface area is 101 Å². The Morgan fingerprint density at radius 2 is 2.00 bits per heavy atom. The van der Waals surface area contributed by atoms with Crippen molar-refractivity contribution in [2.45, 2.75) is 0 Å². The molecule has 0 atom stereocenters. The van der Waals surface area contributed by atoms with E-state index in [4.69, 9.17) is 5.84 Å². The molecule has 0 aliphatic carbocycles. The molecule has 0 saturated carbocycles. The molecular formula is C6H8BrCl2N3O2. The van der Waals surface area contributed by atoms with Crippen LogP contribution in [0.4, 0.5) is 11.4 Å². The molecule has 0 unspecified atom stereocenters. The van der Waals surface area contributed by atoms with E-state index in [0.29, 0.717) is 10.2 Å². The van der Waals surface area contributed by atoms with Crippen LogP contribution in [0.3, 0.4) is 0 Å². The molecule has 0 aromatic heterocycles. The maximum absolute atomic E-state index is 10.3. The minimum Gasteiger partial charge on any atom is -0.323 e. The molecule has 3 N–H and O–H groups in total. The maximum atomic E-state index is 10.3. The average molecular weight is 305 g/mol. The van der Waals surface area contributed by atoms with Crippen molar-refractivity contribution in [3.05, 3.63) is 32.8 Å². The lowest BCUT2D eigenvalue weighted by molar-refractivity contribution is -0.384. The van der Waals surface area contributed by atoms with Crippen LogP contribution in [-0.2, 0) is 0 Å². The third kappa shape index (κ3) is 3.67. The lowest BCUT2D eigenvalue weighted by Crippen LogP contribution is -2.07. The fraction of sp³-hybridized carbons (Fsp3) is 0. The molecule has 1 aromatic carbocycles. The summed E-state index contributed by atoms with van der Waals surface area (Å²) in [5.74, 6) is 5.12. The summed E-state index contributed by atoms with van der Waals surface area (Å²) in [6.07, 6.45) is 0. The molecule has 14 heavy (non-hydrogen) atoms. The second kappa shape index (κ2) is 6.83. The van der Waals surface area contributed by atoms with Crippen LogP contribution in [0.25, 0.3) is 0 Å². The zero-order chi connectivity index (χ0) is 9.14. The van der Waals surface area contributed by atoms with Crippen LogP contribution in [0.1, 0.15) is 0 Å². The largest absolute Gasteiger partial charge is 0.323 e. The number of nitrogens with zero attached hydrogens (tertiary/aromatic N) is 1. The standard InChI is InChI=1S/C6H6BrN3O2.2ClH/c7-5-2-1-4(10(11)12)3-6(5)9-8;;/h1-3,9H,8H2;2*1H. The van der Waals surface area contributed by atoms with Crippen LogP contribution in [0.15, 0.2) is 22.7 Å². The number of non-ortho nitro benzene ring substituents is 1. The number of benzene rings is 1. The van der Waals surface area contributed by atoms with Gasteiger partial charge >= 0.3 is 0 Å². The summed E-state index contributed by atoms with van der Waals surface area (Å²) in [6.45, 7) is 0. The summed E-state index contributed by atoms with van der Waals surface area (Å²) < 4.78 is 0.690. The Morgan fingerprint density at radius 1 is 1.43 bits per heavy atom.